The number of carbonyl (C=O) groups is 1. The number of piperidine rings is 3. The van der Waals surface area contributed by atoms with Crippen molar-refractivity contribution in [2.24, 2.45) is 5.41 Å². The van der Waals surface area contributed by atoms with Crippen molar-refractivity contribution in [3.8, 4) is 10.4 Å². The molecule has 7 heteroatoms. The van der Waals surface area contributed by atoms with Gasteiger partial charge in [0.15, 0.2) is 5.82 Å². The Morgan fingerprint density at radius 3 is 2.44 bits per heavy atom. The van der Waals surface area contributed by atoms with Crippen LogP contribution in [0.4, 0.5) is 10.6 Å². The van der Waals surface area contributed by atoms with E-state index in [-0.39, 0.29) is 17.8 Å². The highest BCUT2D eigenvalue weighted by Gasteiger charge is 2.42. The number of halogens is 1. The highest BCUT2D eigenvalue weighted by molar-refractivity contribution is 7.13. The number of carboxylic acid groups (broad SMARTS) is 1. The number of thiazole rings is 1. The van der Waals surface area contributed by atoms with E-state index in [4.69, 9.17) is 0 Å². The second-order valence-electron chi connectivity index (χ2n) is 6.83. The van der Waals surface area contributed by atoms with Crippen LogP contribution in [0, 0.1) is 5.41 Å². The van der Waals surface area contributed by atoms with Crippen molar-refractivity contribution in [3.05, 3.63) is 35.8 Å². The molecule has 3 fully saturated rings. The van der Waals surface area contributed by atoms with Gasteiger partial charge in [-0.3, -0.25) is 4.90 Å². The van der Waals surface area contributed by atoms with Crippen molar-refractivity contribution in [2.75, 3.05) is 31.1 Å². The fourth-order valence-electron chi connectivity index (χ4n) is 3.92. The summed E-state index contributed by atoms with van der Waals surface area (Å²) in [5, 5.41) is 9.85. The van der Waals surface area contributed by atoms with Gasteiger partial charge < -0.3 is 10.0 Å². The van der Waals surface area contributed by atoms with Crippen molar-refractivity contribution in [1.29, 1.82) is 0 Å². The lowest BCUT2D eigenvalue weighted by atomic mass is 9.71. The Morgan fingerprint density at radius 2 is 1.84 bits per heavy atom. The largest absolute Gasteiger partial charge is 0.465 e. The van der Waals surface area contributed by atoms with E-state index in [0.29, 0.717) is 12.4 Å². The molecule has 134 valence electrons. The van der Waals surface area contributed by atoms with Crippen LogP contribution in [-0.2, 0) is 0 Å². The van der Waals surface area contributed by atoms with E-state index >= 15 is 0 Å². The Balaban J connectivity index is 0.00000182. The molecule has 5 nitrogen and oxygen atoms in total. The van der Waals surface area contributed by atoms with Crippen molar-refractivity contribution in [1.82, 2.24) is 9.88 Å². The van der Waals surface area contributed by atoms with Gasteiger partial charge >= 0.3 is 6.09 Å². The third-order valence-corrected chi connectivity index (χ3v) is 6.30. The number of hydrogen-bond donors (Lipinski definition) is 1. The zero-order chi connectivity index (χ0) is 16.6. The Kier molecular flexibility index (Phi) is 5.32. The van der Waals surface area contributed by atoms with E-state index in [1.165, 1.54) is 16.2 Å². The predicted molar refractivity (Wildman–Crippen MR) is 103 cm³/mol. The average Bonchev–Trinajstić information content (AvgIpc) is 3.11. The van der Waals surface area contributed by atoms with Gasteiger partial charge in [-0.2, -0.15) is 0 Å². The van der Waals surface area contributed by atoms with Crippen LogP contribution >= 0.6 is 23.7 Å². The lowest BCUT2D eigenvalue weighted by Gasteiger charge is -2.49. The molecule has 25 heavy (non-hydrogen) atoms. The molecule has 0 radical (unpaired) electrons. The Morgan fingerprint density at radius 1 is 1.20 bits per heavy atom. The van der Waals surface area contributed by atoms with Crippen LogP contribution in [0.25, 0.3) is 10.4 Å². The predicted octanol–water partition coefficient (Wildman–Crippen LogP) is 4.20. The second-order valence-corrected chi connectivity index (χ2v) is 7.69. The minimum absolute atomic E-state index is 0. The number of hydrogen-bond acceptors (Lipinski definition) is 4. The van der Waals surface area contributed by atoms with Gasteiger partial charge in [0.05, 0.1) is 10.4 Å². The molecule has 1 aromatic carbocycles. The minimum Gasteiger partial charge on any atom is -0.465 e. The van der Waals surface area contributed by atoms with Crippen molar-refractivity contribution in [2.45, 2.75) is 19.3 Å². The number of fused-ring (bicyclic) bond motifs is 3. The minimum atomic E-state index is -0.902. The zero-order valence-electron chi connectivity index (χ0n) is 13.9. The number of anilines is 1. The van der Waals surface area contributed by atoms with E-state index in [2.05, 4.69) is 9.88 Å². The fourth-order valence-corrected chi connectivity index (χ4v) is 4.72. The maximum absolute atomic E-state index is 12.0. The number of benzene rings is 1. The van der Waals surface area contributed by atoms with Crippen LogP contribution in [0.15, 0.2) is 35.8 Å². The van der Waals surface area contributed by atoms with Gasteiger partial charge in [0, 0.05) is 6.54 Å². The van der Waals surface area contributed by atoms with Gasteiger partial charge in [-0.05, 0) is 49.9 Å². The maximum atomic E-state index is 12.0. The standard InChI is InChI=1S/C18H21N3O2S.ClH/c22-17(23)21(12-18-6-9-20(10-7-18)11-8-18)16-15(24-13-19-16)14-4-2-1-3-5-14;/h1-5,13H,6-12H2,(H,22,23);1H. The molecule has 3 aliphatic rings. The number of amides is 1. The molecule has 0 aliphatic carbocycles. The monoisotopic (exact) mass is 379 g/mol. The molecule has 1 amide bonds. The van der Waals surface area contributed by atoms with Gasteiger partial charge in [-0.25, -0.2) is 9.78 Å². The quantitative estimate of drug-likeness (QED) is 0.864. The van der Waals surface area contributed by atoms with Crippen molar-refractivity contribution >= 4 is 35.7 Å². The van der Waals surface area contributed by atoms with Crippen LogP contribution in [-0.4, -0.2) is 47.3 Å². The highest BCUT2D eigenvalue weighted by atomic mass is 35.5. The van der Waals surface area contributed by atoms with Gasteiger partial charge in [-0.15, -0.1) is 23.7 Å². The summed E-state index contributed by atoms with van der Waals surface area (Å²) in [7, 11) is 0. The molecule has 3 saturated heterocycles. The summed E-state index contributed by atoms with van der Waals surface area (Å²) >= 11 is 1.50. The summed E-state index contributed by atoms with van der Waals surface area (Å²) in [5.74, 6) is 0.584. The maximum Gasteiger partial charge on any atom is 0.413 e. The summed E-state index contributed by atoms with van der Waals surface area (Å²) < 4.78 is 0. The van der Waals surface area contributed by atoms with Crippen molar-refractivity contribution < 1.29 is 9.90 Å². The smallest absolute Gasteiger partial charge is 0.413 e. The lowest BCUT2D eigenvalue weighted by Crippen LogP contribution is -2.53. The van der Waals surface area contributed by atoms with E-state index in [9.17, 15) is 9.90 Å². The first-order valence-corrected chi connectivity index (χ1v) is 9.27. The summed E-state index contributed by atoms with van der Waals surface area (Å²) in [4.78, 5) is 21.3. The number of aromatic nitrogens is 1. The van der Waals surface area contributed by atoms with Crippen LogP contribution in [0.1, 0.15) is 19.3 Å². The Bertz CT molecular complexity index is 715. The molecular weight excluding hydrogens is 358 g/mol. The van der Waals surface area contributed by atoms with E-state index in [1.807, 2.05) is 30.3 Å². The molecule has 4 heterocycles. The first-order chi connectivity index (χ1) is 11.7. The molecule has 0 unspecified atom stereocenters. The van der Waals surface area contributed by atoms with Crippen LogP contribution < -0.4 is 4.90 Å². The first-order valence-electron chi connectivity index (χ1n) is 8.39. The second kappa shape index (κ2) is 7.32. The summed E-state index contributed by atoms with van der Waals surface area (Å²) in [5.41, 5.74) is 2.89. The topological polar surface area (TPSA) is 56.7 Å². The normalized spacial score (nSPS) is 24.6. The number of nitrogens with zero attached hydrogens (tertiary/aromatic N) is 3. The summed E-state index contributed by atoms with van der Waals surface area (Å²) in [6.45, 7) is 3.84. The molecule has 5 rings (SSSR count). The zero-order valence-corrected chi connectivity index (χ0v) is 15.6. The fraction of sp³-hybridized carbons (Fsp3) is 0.444. The van der Waals surface area contributed by atoms with E-state index < -0.39 is 6.09 Å². The van der Waals surface area contributed by atoms with Crippen LogP contribution in [0.2, 0.25) is 0 Å². The summed E-state index contributed by atoms with van der Waals surface area (Å²) in [6, 6.07) is 9.93. The van der Waals surface area contributed by atoms with Gasteiger partial charge in [-0.1, -0.05) is 30.3 Å². The van der Waals surface area contributed by atoms with Gasteiger partial charge in [0.25, 0.3) is 0 Å². The molecule has 0 atom stereocenters. The summed E-state index contributed by atoms with van der Waals surface area (Å²) in [6.07, 6.45) is 2.35. The molecule has 2 bridgehead atoms. The molecule has 1 aromatic heterocycles. The molecule has 0 spiro atoms. The average molecular weight is 380 g/mol. The first kappa shape index (κ1) is 18.2. The van der Waals surface area contributed by atoms with Crippen molar-refractivity contribution in [3.63, 3.8) is 0 Å². The lowest BCUT2D eigenvalue weighted by molar-refractivity contribution is 0.0315. The van der Waals surface area contributed by atoms with Gasteiger partial charge in [0.1, 0.15) is 0 Å². The molecule has 3 aliphatic heterocycles. The van der Waals surface area contributed by atoms with Crippen LogP contribution in [0.3, 0.4) is 0 Å². The van der Waals surface area contributed by atoms with E-state index in [1.54, 1.807) is 5.51 Å². The van der Waals surface area contributed by atoms with Gasteiger partial charge in [0.2, 0.25) is 0 Å². The van der Waals surface area contributed by atoms with Crippen LogP contribution in [0.5, 0.6) is 0 Å². The highest BCUT2D eigenvalue weighted by Crippen LogP contribution is 2.43. The molecule has 1 N–H and O–H groups in total. The SMILES string of the molecule is Cl.O=C(O)N(CC12CCN(CC1)CC2)c1ncsc1-c1ccccc1. The third kappa shape index (κ3) is 3.52. The third-order valence-electron chi connectivity index (χ3n) is 5.44. The Hall–Kier alpha value is -1.63. The molecule has 2 aromatic rings. The molecular formula is C18H22ClN3O2S. The molecule has 0 saturated carbocycles. The van der Waals surface area contributed by atoms with E-state index in [0.717, 1.165) is 49.3 Å². The Labute approximate surface area is 157 Å². The number of rotatable bonds is 4.